The maximum absolute atomic E-state index is 11.4. The molecule has 0 fully saturated rings. The van der Waals surface area contributed by atoms with Crippen LogP contribution in [0, 0.1) is 0 Å². The molecule has 0 aliphatic heterocycles. The Kier molecular flexibility index (Phi) is 4.57. The van der Waals surface area contributed by atoms with Gasteiger partial charge in [-0.1, -0.05) is 11.6 Å². The minimum atomic E-state index is -1.04. The quantitative estimate of drug-likeness (QED) is 0.866. The zero-order valence-electron chi connectivity index (χ0n) is 8.57. The fraction of sp³-hybridized carbons (Fsp3) is 0.333. The standard InChI is InChI=1S/C9H11ClN2O3S/c1-12(5-8(13)14)9(15)11-4-6-2-3-7(10)16-6/h2-3H,4-5H2,1H3,(H,11,15)(H,13,14). The van der Waals surface area contributed by atoms with Crippen molar-refractivity contribution < 1.29 is 14.7 Å². The number of hydrogen-bond acceptors (Lipinski definition) is 3. The number of rotatable bonds is 4. The molecule has 1 aromatic heterocycles. The molecule has 1 aromatic rings. The van der Waals surface area contributed by atoms with Crippen LogP contribution >= 0.6 is 22.9 Å². The predicted octanol–water partition coefficient (Wildman–Crippen LogP) is 1.63. The minimum Gasteiger partial charge on any atom is -0.480 e. The highest BCUT2D eigenvalue weighted by molar-refractivity contribution is 7.16. The van der Waals surface area contributed by atoms with E-state index >= 15 is 0 Å². The third-order valence-electron chi connectivity index (χ3n) is 1.76. The normalized spacial score (nSPS) is 9.88. The predicted molar refractivity (Wildman–Crippen MR) is 61.8 cm³/mol. The fourth-order valence-electron chi connectivity index (χ4n) is 1.02. The third-order valence-corrected chi connectivity index (χ3v) is 2.99. The van der Waals surface area contributed by atoms with Crippen molar-refractivity contribution in [1.82, 2.24) is 10.2 Å². The first-order valence-corrected chi connectivity index (χ1v) is 5.63. The number of carbonyl (C=O) groups excluding carboxylic acids is 1. The van der Waals surface area contributed by atoms with E-state index in [1.165, 1.54) is 18.4 Å². The van der Waals surface area contributed by atoms with Gasteiger partial charge in [0.1, 0.15) is 6.54 Å². The molecule has 0 atom stereocenters. The van der Waals surface area contributed by atoms with Gasteiger partial charge >= 0.3 is 12.0 Å². The summed E-state index contributed by atoms with van der Waals surface area (Å²) >= 11 is 7.10. The molecule has 0 bridgehead atoms. The van der Waals surface area contributed by atoms with Gasteiger partial charge in [0.2, 0.25) is 0 Å². The van der Waals surface area contributed by atoms with Crippen LogP contribution in [0.3, 0.4) is 0 Å². The minimum absolute atomic E-state index is 0.322. The molecule has 0 spiro atoms. The van der Waals surface area contributed by atoms with E-state index < -0.39 is 12.0 Å². The van der Waals surface area contributed by atoms with Gasteiger partial charge in [-0.25, -0.2) is 4.79 Å². The van der Waals surface area contributed by atoms with E-state index in [-0.39, 0.29) is 6.54 Å². The number of aliphatic carboxylic acids is 1. The molecule has 5 nitrogen and oxygen atoms in total. The number of urea groups is 1. The van der Waals surface area contributed by atoms with Crippen molar-refractivity contribution in [2.45, 2.75) is 6.54 Å². The molecular formula is C9H11ClN2O3S. The van der Waals surface area contributed by atoms with Crippen LogP contribution in [0.2, 0.25) is 4.34 Å². The zero-order chi connectivity index (χ0) is 12.1. The number of amides is 2. The van der Waals surface area contributed by atoms with Gasteiger partial charge in [0, 0.05) is 11.9 Å². The van der Waals surface area contributed by atoms with Crippen LogP contribution in [0.5, 0.6) is 0 Å². The highest BCUT2D eigenvalue weighted by Gasteiger charge is 2.11. The average Bonchev–Trinajstić information content (AvgIpc) is 2.59. The molecule has 1 rings (SSSR count). The molecular weight excluding hydrogens is 252 g/mol. The van der Waals surface area contributed by atoms with Crippen LogP contribution in [0.25, 0.3) is 0 Å². The fourth-order valence-corrected chi connectivity index (χ4v) is 2.05. The smallest absolute Gasteiger partial charge is 0.323 e. The topological polar surface area (TPSA) is 69.6 Å². The molecule has 88 valence electrons. The van der Waals surface area contributed by atoms with Crippen LogP contribution in [0.4, 0.5) is 4.79 Å². The second kappa shape index (κ2) is 5.72. The van der Waals surface area contributed by atoms with Crippen molar-refractivity contribution in [1.29, 1.82) is 0 Å². The molecule has 7 heteroatoms. The number of halogens is 1. The Labute approximate surface area is 102 Å². The highest BCUT2D eigenvalue weighted by Crippen LogP contribution is 2.20. The maximum atomic E-state index is 11.4. The summed E-state index contributed by atoms with van der Waals surface area (Å²) in [7, 11) is 1.42. The van der Waals surface area contributed by atoms with Crippen LogP contribution in [-0.2, 0) is 11.3 Å². The Hall–Kier alpha value is -1.27. The summed E-state index contributed by atoms with van der Waals surface area (Å²) in [5, 5.41) is 11.1. The van der Waals surface area contributed by atoms with Gasteiger partial charge in [0.25, 0.3) is 0 Å². The van der Waals surface area contributed by atoms with Crippen molar-refractivity contribution in [3.8, 4) is 0 Å². The van der Waals surface area contributed by atoms with Gasteiger partial charge in [0.05, 0.1) is 10.9 Å². The maximum Gasteiger partial charge on any atom is 0.323 e. The molecule has 0 aliphatic carbocycles. The Bertz CT molecular complexity index is 394. The lowest BCUT2D eigenvalue weighted by molar-refractivity contribution is -0.137. The molecule has 2 N–H and O–H groups in total. The van der Waals surface area contributed by atoms with Gasteiger partial charge < -0.3 is 15.3 Å². The van der Waals surface area contributed by atoms with Gasteiger partial charge in [-0.3, -0.25) is 4.79 Å². The molecule has 0 saturated carbocycles. The van der Waals surface area contributed by atoms with E-state index in [2.05, 4.69) is 5.32 Å². The largest absolute Gasteiger partial charge is 0.480 e. The molecule has 0 radical (unpaired) electrons. The van der Waals surface area contributed by atoms with Crippen LogP contribution in [0.1, 0.15) is 4.88 Å². The van der Waals surface area contributed by atoms with Crippen molar-refractivity contribution >= 4 is 34.9 Å². The zero-order valence-corrected chi connectivity index (χ0v) is 10.1. The second-order valence-corrected chi connectivity index (χ2v) is 4.91. The highest BCUT2D eigenvalue weighted by atomic mass is 35.5. The molecule has 0 unspecified atom stereocenters. The van der Waals surface area contributed by atoms with E-state index in [0.29, 0.717) is 10.9 Å². The summed E-state index contributed by atoms with van der Waals surface area (Å²) in [5.41, 5.74) is 0. The van der Waals surface area contributed by atoms with Crippen molar-refractivity contribution in [3.05, 3.63) is 21.3 Å². The average molecular weight is 263 g/mol. The first-order valence-electron chi connectivity index (χ1n) is 4.44. The summed E-state index contributed by atoms with van der Waals surface area (Å²) in [6, 6.07) is 3.13. The number of hydrogen-bond donors (Lipinski definition) is 2. The number of thiophene rings is 1. The molecule has 1 heterocycles. The van der Waals surface area contributed by atoms with Crippen molar-refractivity contribution in [2.75, 3.05) is 13.6 Å². The summed E-state index contributed by atoms with van der Waals surface area (Å²) in [6.45, 7) is 0.0250. The molecule has 2 amide bonds. The van der Waals surface area contributed by atoms with E-state index in [0.717, 1.165) is 9.78 Å². The summed E-state index contributed by atoms with van der Waals surface area (Å²) < 4.78 is 0.656. The van der Waals surface area contributed by atoms with Gasteiger partial charge in [-0.2, -0.15) is 0 Å². The van der Waals surface area contributed by atoms with Crippen molar-refractivity contribution in [3.63, 3.8) is 0 Å². The van der Waals surface area contributed by atoms with E-state index in [9.17, 15) is 9.59 Å². The third kappa shape index (κ3) is 4.08. The molecule has 0 aromatic carbocycles. The monoisotopic (exact) mass is 262 g/mol. The lowest BCUT2D eigenvalue weighted by atomic mass is 10.4. The first-order chi connectivity index (χ1) is 7.49. The van der Waals surface area contributed by atoms with E-state index in [1.807, 2.05) is 6.07 Å². The summed E-state index contributed by atoms with van der Waals surface area (Å²) in [5.74, 6) is -1.04. The Balaban J connectivity index is 2.37. The van der Waals surface area contributed by atoms with Crippen LogP contribution in [0.15, 0.2) is 12.1 Å². The first kappa shape index (κ1) is 12.8. The number of nitrogens with zero attached hydrogens (tertiary/aromatic N) is 1. The van der Waals surface area contributed by atoms with Crippen LogP contribution < -0.4 is 5.32 Å². The number of nitrogens with one attached hydrogen (secondary N) is 1. The van der Waals surface area contributed by atoms with Gasteiger partial charge in [-0.05, 0) is 12.1 Å². The van der Waals surface area contributed by atoms with E-state index in [1.54, 1.807) is 6.07 Å². The summed E-state index contributed by atoms with van der Waals surface area (Å²) in [6.07, 6.45) is 0. The molecule has 0 aliphatic rings. The Morgan fingerprint density at radius 3 is 2.75 bits per heavy atom. The lowest BCUT2D eigenvalue weighted by Crippen LogP contribution is -2.39. The summed E-state index contributed by atoms with van der Waals surface area (Å²) in [4.78, 5) is 23.7. The number of carbonyl (C=O) groups is 2. The Morgan fingerprint density at radius 2 is 2.25 bits per heavy atom. The van der Waals surface area contributed by atoms with Gasteiger partial charge in [-0.15, -0.1) is 11.3 Å². The van der Waals surface area contributed by atoms with E-state index in [4.69, 9.17) is 16.7 Å². The number of carboxylic acid groups (broad SMARTS) is 1. The Morgan fingerprint density at radius 1 is 1.56 bits per heavy atom. The molecule has 16 heavy (non-hydrogen) atoms. The number of likely N-dealkylation sites (N-methyl/N-ethyl adjacent to an activating group) is 1. The van der Waals surface area contributed by atoms with Crippen molar-refractivity contribution in [2.24, 2.45) is 0 Å². The van der Waals surface area contributed by atoms with Gasteiger partial charge in [0.15, 0.2) is 0 Å². The second-order valence-electron chi connectivity index (χ2n) is 3.11. The van der Waals surface area contributed by atoms with Crippen LogP contribution in [-0.4, -0.2) is 35.6 Å². The molecule has 0 saturated heterocycles. The lowest BCUT2D eigenvalue weighted by Gasteiger charge is -2.14. The number of carboxylic acids is 1. The SMILES string of the molecule is CN(CC(=O)O)C(=O)NCc1ccc(Cl)s1.